The van der Waals surface area contributed by atoms with Crippen molar-refractivity contribution in [1.29, 1.82) is 0 Å². The van der Waals surface area contributed by atoms with E-state index in [0.29, 0.717) is 11.8 Å². The number of anilines is 2. The standard InChI is InChI=1S/C23H30N2O/c1-18(2)23(16-10-11-19(3)17-23)24-22(26)25(20-12-6-4-7-13-20)21-14-8-5-9-15-21/h4-9,12-15,18-19H,10-11,16-17H2,1-3H3,(H,24,26). The van der Waals surface area contributed by atoms with E-state index in [1.54, 1.807) is 4.90 Å². The first kappa shape index (κ1) is 18.5. The van der Waals surface area contributed by atoms with E-state index in [1.165, 1.54) is 12.8 Å². The van der Waals surface area contributed by atoms with Crippen molar-refractivity contribution in [2.75, 3.05) is 4.90 Å². The van der Waals surface area contributed by atoms with Crippen molar-refractivity contribution in [3.63, 3.8) is 0 Å². The van der Waals surface area contributed by atoms with E-state index in [-0.39, 0.29) is 11.6 Å². The molecule has 0 radical (unpaired) electrons. The van der Waals surface area contributed by atoms with E-state index >= 15 is 0 Å². The highest BCUT2D eigenvalue weighted by molar-refractivity contribution is 5.99. The third-order valence-electron chi connectivity index (χ3n) is 5.73. The summed E-state index contributed by atoms with van der Waals surface area (Å²) < 4.78 is 0. The Kier molecular flexibility index (Phi) is 5.65. The van der Waals surface area contributed by atoms with Gasteiger partial charge in [0.1, 0.15) is 0 Å². The number of urea groups is 1. The molecule has 1 saturated carbocycles. The summed E-state index contributed by atoms with van der Waals surface area (Å²) in [6, 6.07) is 19.7. The zero-order chi connectivity index (χ0) is 18.6. The van der Waals surface area contributed by atoms with Crippen molar-refractivity contribution >= 4 is 17.4 Å². The minimum absolute atomic E-state index is 0.0369. The van der Waals surface area contributed by atoms with Crippen molar-refractivity contribution in [1.82, 2.24) is 5.32 Å². The predicted molar refractivity (Wildman–Crippen MR) is 109 cm³/mol. The zero-order valence-electron chi connectivity index (χ0n) is 16.1. The Balaban J connectivity index is 1.93. The SMILES string of the molecule is CC1CCCC(NC(=O)N(c2ccccc2)c2ccccc2)(C(C)C)C1. The minimum atomic E-state index is -0.128. The summed E-state index contributed by atoms with van der Waals surface area (Å²) in [5, 5.41) is 3.45. The van der Waals surface area contributed by atoms with Gasteiger partial charge in [0.2, 0.25) is 0 Å². The normalized spacial score (nSPS) is 22.8. The number of nitrogens with one attached hydrogen (secondary N) is 1. The number of hydrogen-bond donors (Lipinski definition) is 1. The Morgan fingerprint density at radius 2 is 1.58 bits per heavy atom. The summed E-state index contributed by atoms with van der Waals surface area (Å²) in [6.45, 7) is 6.76. The van der Waals surface area contributed by atoms with Gasteiger partial charge in [-0.15, -0.1) is 0 Å². The van der Waals surface area contributed by atoms with Crippen LogP contribution >= 0.6 is 0 Å². The number of rotatable bonds is 4. The molecule has 0 aliphatic heterocycles. The molecule has 2 unspecified atom stereocenters. The Bertz CT molecular complexity index is 674. The second-order valence-electron chi connectivity index (χ2n) is 7.95. The smallest absolute Gasteiger partial charge is 0.326 e. The van der Waals surface area contributed by atoms with Gasteiger partial charge in [-0.3, -0.25) is 4.90 Å². The van der Waals surface area contributed by atoms with Crippen molar-refractivity contribution in [2.24, 2.45) is 11.8 Å². The molecule has 1 aliphatic rings. The molecule has 0 heterocycles. The summed E-state index contributed by atoms with van der Waals surface area (Å²) >= 11 is 0. The molecule has 1 fully saturated rings. The number of carbonyl (C=O) groups excluding carboxylic acids is 1. The molecule has 0 spiro atoms. The molecule has 2 amide bonds. The van der Waals surface area contributed by atoms with Gasteiger partial charge in [-0.05, 0) is 48.9 Å². The summed E-state index contributed by atoms with van der Waals surface area (Å²) in [6.07, 6.45) is 4.54. The molecule has 2 aromatic rings. The summed E-state index contributed by atoms with van der Waals surface area (Å²) in [5.74, 6) is 1.05. The summed E-state index contributed by atoms with van der Waals surface area (Å²) in [5.41, 5.74) is 1.65. The fourth-order valence-corrected chi connectivity index (χ4v) is 4.18. The maximum atomic E-state index is 13.4. The van der Waals surface area contributed by atoms with E-state index in [2.05, 4.69) is 26.1 Å². The first-order chi connectivity index (χ1) is 12.5. The highest BCUT2D eigenvalue weighted by atomic mass is 16.2. The number of nitrogens with zero attached hydrogens (tertiary/aromatic N) is 1. The number of para-hydroxylation sites is 2. The maximum absolute atomic E-state index is 13.4. The molecule has 2 aromatic carbocycles. The molecule has 0 bridgehead atoms. The molecule has 3 rings (SSSR count). The van der Waals surface area contributed by atoms with Crippen molar-refractivity contribution in [3.05, 3.63) is 60.7 Å². The van der Waals surface area contributed by atoms with E-state index < -0.39 is 0 Å². The van der Waals surface area contributed by atoms with Crippen LogP contribution in [0, 0.1) is 11.8 Å². The lowest BCUT2D eigenvalue weighted by Gasteiger charge is -2.45. The monoisotopic (exact) mass is 350 g/mol. The van der Waals surface area contributed by atoms with E-state index in [1.807, 2.05) is 60.7 Å². The molecule has 1 aliphatic carbocycles. The quantitative estimate of drug-likeness (QED) is 0.706. The van der Waals surface area contributed by atoms with Gasteiger partial charge in [0.15, 0.2) is 0 Å². The minimum Gasteiger partial charge on any atom is -0.332 e. The first-order valence-corrected chi connectivity index (χ1v) is 9.74. The molecular weight excluding hydrogens is 320 g/mol. The lowest BCUT2D eigenvalue weighted by Crippen LogP contribution is -2.57. The van der Waals surface area contributed by atoms with Crippen LogP contribution in [0.15, 0.2) is 60.7 Å². The largest absolute Gasteiger partial charge is 0.332 e. The van der Waals surface area contributed by atoms with Crippen molar-refractivity contribution in [3.8, 4) is 0 Å². The van der Waals surface area contributed by atoms with Crippen LogP contribution in [0.1, 0.15) is 46.5 Å². The van der Waals surface area contributed by atoms with Gasteiger partial charge in [0, 0.05) is 5.54 Å². The number of carbonyl (C=O) groups is 1. The van der Waals surface area contributed by atoms with Gasteiger partial charge in [0.25, 0.3) is 0 Å². The number of amides is 2. The van der Waals surface area contributed by atoms with Crippen LogP contribution in [-0.2, 0) is 0 Å². The van der Waals surface area contributed by atoms with Crippen LogP contribution in [-0.4, -0.2) is 11.6 Å². The second-order valence-corrected chi connectivity index (χ2v) is 7.95. The zero-order valence-corrected chi connectivity index (χ0v) is 16.1. The lowest BCUT2D eigenvalue weighted by atomic mass is 9.70. The predicted octanol–water partition coefficient (Wildman–Crippen LogP) is 6.14. The van der Waals surface area contributed by atoms with Crippen LogP contribution in [0.4, 0.5) is 16.2 Å². The lowest BCUT2D eigenvalue weighted by molar-refractivity contribution is 0.140. The highest BCUT2D eigenvalue weighted by Gasteiger charge is 2.40. The average molecular weight is 351 g/mol. The average Bonchev–Trinajstić information content (AvgIpc) is 2.63. The molecule has 0 saturated heterocycles. The highest BCUT2D eigenvalue weighted by Crippen LogP contribution is 2.38. The molecule has 3 heteroatoms. The third kappa shape index (κ3) is 3.92. The van der Waals surface area contributed by atoms with Gasteiger partial charge < -0.3 is 5.32 Å². The van der Waals surface area contributed by atoms with Gasteiger partial charge >= 0.3 is 6.03 Å². The van der Waals surface area contributed by atoms with Crippen LogP contribution < -0.4 is 10.2 Å². The van der Waals surface area contributed by atoms with E-state index in [4.69, 9.17) is 0 Å². The first-order valence-electron chi connectivity index (χ1n) is 9.74. The van der Waals surface area contributed by atoms with Crippen LogP contribution in [0.5, 0.6) is 0 Å². The molecule has 26 heavy (non-hydrogen) atoms. The second kappa shape index (κ2) is 7.94. The summed E-state index contributed by atoms with van der Waals surface area (Å²) in [4.78, 5) is 15.2. The van der Waals surface area contributed by atoms with Crippen molar-refractivity contribution in [2.45, 2.75) is 52.0 Å². The Morgan fingerprint density at radius 3 is 2.04 bits per heavy atom. The van der Waals surface area contributed by atoms with Gasteiger partial charge in [-0.2, -0.15) is 0 Å². The molecular formula is C23H30N2O. The van der Waals surface area contributed by atoms with Crippen LogP contribution in [0.3, 0.4) is 0 Å². The Hall–Kier alpha value is -2.29. The molecule has 138 valence electrons. The van der Waals surface area contributed by atoms with Gasteiger partial charge in [0.05, 0.1) is 11.4 Å². The molecule has 2 atom stereocenters. The molecule has 1 N–H and O–H groups in total. The van der Waals surface area contributed by atoms with Crippen LogP contribution in [0.25, 0.3) is 0 Å². The molecule has 0 aromatic heterocycles. The third-order valence-corrected chi connectivity index (χ3v) is 5.73. The van der Waals surface area contributed by atoms with Gasteiger partial charge in [-0.25, -0.2) is 4.79 Å². The maximum Gasteiger partial charge on any atom is 0.326 e. The Morgan fingerprint density at radius 1 is 1.04 bits per heavy atom. The summed E-state index contributed by atoms with van der Waals surface area (Å²) in [7, 11) is 0. The van der Waals surface area contributed by atoms with E-state index in [0.717, 1.165) is 24.2 Å². The fraction of sp³-hybridized carbons (Fsp3) is 0.435. The topological polar surface area (TPSA) is 32.3 Å². The van der Waals surface area contributed by atoms with Gasteiger partial charge in [-0.1, -0.05) is 70.0 Å². The molecule has 3 nitrogen and oxygen atoms in total. The number of benzene rings is 2. The Labute approximate surface area is 157 Å². The van der Waals surface area contributed by atoms with Crippen molar-refractivity contribution < 1.29 is 4.79 Å². The van der Waals surface area contributed by atoms with Crippen LogP contribution in [0.2, 0.25) is 0 Å². The fourth-order valence-electron chi connectivity index (χ4n) is 4.18. The van der Waals surface area contributed by atoms with E-state index in [9.17, 15) is 4.79 Å². The number of hydrogen-bond acceptors (Lipinski definition) is 1.